The van der Waals surface area contributed by atoms with Crippen LogP contribution in [-0.2, 0) is 10.3 Å². The van der Waals surface area contributed by atoms with Crippen LogP contribution in [0.3, 0.4) is 0 Å². The highest BCUT2D eigenvalue weighted by atomic mass is 32.1. The molecule has 1 aliphatic rings. The summed E-state index contributed by atoms with van der Waals surface area (Å²) in [7, 11) is 0. The second-order valence-electron chi connectivity index (χ2n) is 4.10. The fraction of sp³-hybridized carbons (Fsp3) is 0.600. The lowest BCUT2D eigenvalue weighted by Gasteiger charge is -2.30. The minimum Gasteiger partial charge on any atom is -0.376 e. The summed E-state index contributed by atoms with van der Waals surface area (Å²) in [6.07, 6.45) is 2.76. The van der Waals surface area contributed by atoms with E-state index in [1.807, 2.05) is 11.5 Å². The first-order valence-corrected chi connectivity index (χ1v) is 5.39. The van der Waals surface area contributed by atoms with Gasteiger partial charge in [0.25, 0.3) is 5.56 Å². The van der Waals surface area contributed by atoms with Crippen molar-refractivity contribution in [1.29, 1.82) is 0 Å². The number of H-pyrrole nitrogens is 1. The van der Waals surface area contributed by atoms with Crippen LogP contribution in [0.1, 0.15) is 20.3 Å². The third-order valence-electron chi connectivity index (χ3n) is 3.23. The Labute approximate surface area is 92.9 Å². The Hall–Kier alpha value is -0.940. The van der Waals surface area contributed by atoms with Gasteiger partial charge in [-0.2, -0.15) is 0 Å². The molecule has 1 fully saturated rings. The van der Waals surface area contributed by atoms with Gasteiger partial charge >= 0.3 is 0 Å². The second kappa shape index (κ2) is 3.57. The van der Waals surface area contributed by atoms with Crippen LogP contribution in [0.4, 0.5) is 0 Å². The molecule has 82 valence electrons. The molecule has 0 bridgehead atoms. The van der Waals surface area contributed by atoms with Crippen LogP contribution in [0.2, 0.25) is 0 Å². The van der Waals surface area contributed by atoms with Gasteiger partial charge in [-0.15, -0.1) is 0 Å². The fourth-order valence-electron chi connectivity index (χ4n) is 1.96. The van der Waals surface area contributed by atoms with Crippen molar-refractivity contribution in [3.63, 3.8) is 0 Å². The highest BCUT2D eigenvalue weighted by molar-refractivity contribution is 7.71. The third kappa shape index (κ3) is 1.66. The molecule has 15 heavy (non-hydrogen) atoms. The molecule has 2 heterocycles. The number of hydrogen-bond donors (Lipinski definition) is 1. The first-order chi connectivity index (χ1) is 7.04. The number of aromatic nitrogens is 2. The maximum absolute atomic E-state index is 11.1. The van der Waals surface area contributed by atoms with Crippen LogP contribution in [0.15, 0.2) is 17.1 Å². The van der Waals surface area contributed by atoms with Crippen molar-refractivity contribution in [2.75, 3.05) is 6.61 Å². The van der Waals surface area contributed by atoms with Crippen LogP contribution in [0.5, 0.6) is 0 Å². The number of rotatable bonds is 1. The molecular formula is C10H14N2O2S. The van der Waals surface area contributed by atoms with E-state index in [0.29, 0.717) is 4.77 Å². The van der Waals surface area contributed by atoms with Crippen LogP contribution >= 0.6 is 12.2 Å². The van der Waals surface area contributed by atoms with Crippen molar-refractivity contribution in [1.82, 2.24) is 9.55 Å². The average molecular weight is 226 g/mol. The van der Waals surface area contributed by atoms with Gasteiger partial charge < -0.3 is 9.30 Å². The molecule has 0 aliphatic carbocycles. The summed E-state index contributed by atoms with van der Waals surface area (Å²) in [5, 5.41) is 0. The standard InChI is InChI=1S/C10H14N2O2S/c1-7-10(2,4-6-14-7)12-5-3-8(13)11-9(12)15/h3,5,7H,4,6H2,1-2H3,(H,11,13,15). The molecule has 1 aromatic heterocycles. The summed E-state index contributed by atoms with van der Waals surface area (Å²) in [5.74, 6) is 0. The van der Waals surface area contributed by atoms with E-state index in [2.05, 4.69) is 11.9 Å². The van der Waals surface area contributed by atoms with Crippen LogP contribution in [0, 0.1) is 4.77 Å². The zero-order valence-electron chi connectivity index (χ0n) is 8.82. The molecule has 2 rings (SSSR count). The Balaban J connectivity index is 2.54. The summed E-state index contributed by atoms with van der Waals surface area (Å²) in [5.41, 5.74) is -0.312. The summed E-state index contributed by atoms with van der Waals surface area (Å²) in [6, 6.07) is 1.49. The van der Waals surface area contributed by atoms with Gasteiger partial charge in [0.2, 0.25) is 0 Å². The molecule has 5 heteroatoms. The maximum Gasteiger partial charge on any atom is 0.251 e. The van der Waals surface area contributed by atoms with Crippen molar-refractivity contribution in [2.45, 2.75) is 31.9 Å². The quantitative estimate of drug-likeness (QED) is 0.737. The number of ether oxygens (including phenoxy) is 1. The van der Waals surface area contributed by atoms with Crippen LogP contribution < -0.4 is 5.56 Å². The Morgan fingerprint density at radius 3 is 3.00 bits per heavy atom. The fourth-order valence-corrected chi connectivity index (χ4v) is 2.33. The molecular weight excluding hydrogens is 212 g/mol. The highest BCUT2D eigenvalue weighted by Crippen LogP contribution is 2.32. The lowest BCUT2D eigenvalue weighted by Crippen LogP contribution is -2.38. The lowest BCUT2D eigenvalue weighted by atomic mass is 9.94. The van der Waals surface area contributed by atoms with Crippen molar-refractivity contribution in [3.8, 4) is 0 Å². The Bertz CT molecular complexity index is 479. The molecule has 1 saturated heterocycles. The van der Waals surface area contributed by atoms with Gasteiger partial charge in [0.1, 0.15) is 0 Å². The van der Waals surface area contributed by atoms with E-state index in [1.165, 1.54) is 6.07 Å². The Kier molecular flexibility index (Phi) is 2.52. The molecule has 2 unspecified atom stereocenters. The van der Waals surface area contributed by atoms with Crippen molar-refractivity contribution in [3.05, 3.63) is 27.4 Å². The number of aromatic amines is 1. The molecule has 0 amide bonds. The molecule has 0 aromatic carbocycles. The van der Waals surface area contributed by atoms with E-state index < -0.39 is 0 Å². The topological polar surface area (TPSA) is 47.0 Å². The molecule has 1 aromatic rings. The smallest absolute Gasteiger partial charge is 0.251 e. The normalized spacial score (nSPS) is 30.7. The summed E-state index contributed by atoms with van der Waals surface area (Å²) < 4.78 is 7.93. The first kappa shape index (κ1) is 10.6. The number of nitrogens with one attached hydrogen (secondary N) is 1. The van der Waals surface area contributed by atoms with Gasteiger partial charge in [-0.25, -0.2) is 0 Å². The summed E-state index contributed by atoms with van der Waals surface area (Å²) >= 11 is 5.15. The Morgan fingerprint density at radius 1 is 1.73 bits per heavy atom. The van der Waals surface area contributed by atoms with Gasteiger partial charge in [0.05, 0.1) is 11.6 Å². The van der Waals surface area contributed by atoms with Gasteiger partial charge in [0.15, 0.2) is 4.77 Å². The van der Waals surface area contributed by atoms with Crippen LogP contribution in [0.25, 0.3) is 0 Å². The van der Waals surface area contributed by atoms with Crippen molar-refractivity contribution >= 4 is 12.2 Å². The second-order valence-corrected chi connectivity index (χ2v) is 4.49. The largest absolute Gasteiger partial charge is 0.376 e. The zero-order valence-corrected chi connectivity index (χ0v) is 9.63. The molecule has 1 aliphatic heterocycles. The van der Waals surface area contributed by atoms with Gasteiger partial charge in [-0.1, -0.05) is 0 Å². The average Bonchev–Trinajstić information content (AvgIpc) is 2.47. The maximum atomic E-state index is 11.1. The molecule has 0 spiro atoms. The monoisotopic (exact) mass is 226 g/mol. The lowest BCUT2D eigenvalue weighted by molar-refractivity contribution is 0.0747. The van der Waals surface area contributed by atoms with E-state index in [9.17, 15) is 4.79 Å². The highest BCUT2D eigenvalue weighted by Gasteiger charge is 2.38. The predicted octanol–water partition coefficient (Wildman–Crippen LogP) is 1.43. The minimum atomic E-state index is -0.161. The minimum absolute atomic E-state index is 0.107. The van der Waals surface area contributed by atoms with Crippen molar-refractivity contribution < 1.29 is 4.74 Å². The summed E-state index contributed by atoms with van der Waals surface area (Å²) in [4.78, 5) is 13.7. The third-order valence-corrected chi connectivity index (χ3v) is 3.52. The molecule has 0 saturated carbocycles. The number of hydrogen-bond acceptors (Lipinski definition) is 3. The first-order valence-electron chi connectivity index (χ1n) is 4.98. The van der Waals surface area contributed by atoms with E-state index in [4.69, 9.17) is 17.0 Å². The van der Waals surface area contributed by atoms with Crippen molar-refractivity contribution in [2.24, 2.45) is 0 Å². The van der Waals surface area contributed by atoms with E-state index in [1.54, 1.807) is 6.20 Å². The number of nitrogens with zero attached hydrogens (tertiary/aromatic N) is 1. The van der Waals surface area contributed by atoms with Gasteiger partial charge in [0, 0.05) is 18.9 Å². The van der Waals surface area contributed by atoms with E-state index in [-0.39, 0.29) is 17.2 Å². The van der Waals surface area contributed by atoms with Gasteiger partial charge in [-0.05, 0) is 32.5 Å². The van der Waals surface area contributed by atoms with E-state index >= 15 is 0 Å². The molecule has 1 N–H and O–H groups in total. The molecule has 2 atom stereocenters. The zero-order chi connectivity index (χ0) is 11.1. The summed E-state index contributed by atoms with van der Waals surface area (Å²) in [6.45, 7) is 4.86. The Morgan fingerprint density at radius 2 is 2.47 bits per heavy atom. The molecule has 0 radical (unpaired) electrons. The van der Waals surface area contributed by atoms with E-state index in [0.717, 1.165) is 13.0 Å². The van der Waals surface area contributed by atoms with Crippen LogP contribution in [-0.4, -0.2) is 22.3 Å². The predicted molar refractivity (Wildman–Crippen MR) is 59.6 cm³/mol. The SMILES string of the molecule is CC1OCCC1(C)n1ccc(=O)[nH]c1=S. The molecule has 4 nitrogen and oxygen atoms in total. The van der Waals surface area contributed by atoms with Gasteiger partial charge in [-0.3, -0.25) is 9.78 Å².